The van der Waals surface area contributed by atoms with Crippen molar-refractivity contribution in [3.8, 4) is 11.4 Å². The van der Waals surface area contributed by atoms with Gasteiger partial charge in [-0.3, -0.25) is 0 Å². The highest BCUT2D eigenvalue weighted by molar-refractivity contribution is 7.99. The molecule has 0 radical (unpaired) electrons. The average molecular weight is 356 g/mol. The lowest BCUT2D eigenvalue weighted by Crippen LogP contribution is -2.82. The Hall–Kier alpha value is -2.38. The molecule has 1 heterocycles. The van der Waals surface area contributed by atoms with E-state index in [1.54, 1.807) is 23.6 Å². The predicted octanol–water partition coefficient (Wildman–Crippen LogP) is 1.92. The highest BCUT2D eigenvalue weighted by atomic mass is 32.2. The Bertz CT molecular complexity index is 778. The lowest BCUT2D eigenvalue weighted by molar-refractivity contribution is -0.670. The van der Waals surface area contributed by atoms with Gasteiger partial charge < -0.3 is 10.1 Å². The van der Waals surface area contributed by atoms with Gasteiger partial charge in [-0.25, -0.2) is 0 Å². The number of para-hydroxylation sites is 1. The van der Waals surface area contributed by atoms with Gasteiger partial charge in [-0.05, 0) is 34.7 Å². The van der Waals surface area contributed by atoms with Gasteiger partial charge >= 0.3 is 0 Å². The minimum absolute atomic E-state index is 0.832. The zero-order valence-corrected chi connectivity index (χ0v) is 15.0. The van der Waals surface area contributed by atoms with Gasteiger partial charge in [0.2, 0.25) is 5.16 Å². The van der Waals surface area contributed by atoms with Gasteiger partial charge in [0, 0.05) is 17.7 Å². The molecule has 0 spiro atoms. The number of hydrogen-bond donors (Lipinski definition) is 1. The average Bonchev–Trinajstić information content (AvgIpc) is 3.14. The molecule has 6 nitrogen and oxygen atoms in total. The normalized spacial score (nSPS) is 10.8. The first-order chi connectivity index (χ1) is 12.4. The first kappa shape index (κ1) is 17.4. The molecule has 0 unspecified atom stereocenters. The molecule has 0 aliphatic rings. The summed E-state index contributed by atoms with van der Waals surface area (Å²) in [5.74, 6) is 1.90. The Morgan fingerprint density at radius 1 is 1.12 bits per heavy atom. The molecule has 0 bridgehead atoms. The lowest BCUT2D eigenvalue weighted by atomic mass is 10.2. The van der Waals surface area contributed by atoms with E-state index in [1.807, 2.05) is 42.5 Å². The van der Waals surface area contributed by atoms with Gasteiger partial charge in [-0.1, -0.05) is 42.1 Å². The zero-order chi connectivity index (χ0) is 17.3. The number of tetrazole rings is 1. The summed E-state index contributed by atoms with van der Waals surface area (Å²) >= 11 is 1.69. The van der Waals surface area contributed by atoms with Crippen molar-refractivity contribution in [3.63, 3.8) is 0 Å². The summed E-state index contributed by atoms with van der Waals surface area (Å²) in [6, 6.07) is 18.2. The number of ether oxygens (including phenoxy) is 1. The van der Waals surface area contributed by atoms with Crippen molar-refractivity contribution >= 4 is 11.8 Å². The molecular formula is C18H22N5OS+. The van der Waals surface area contributed by atoms with Crippen molar-refractivity contribution in [1.82, 2.24) is 20.2 Å². The van der Waals surface area contributed by atoms with E-state index < -0.39 is 0 Å². The maximum atomic E-state index is 5.25. The minimum Gasteiger partial charge on any atom is -0.497 e. The summed E-state index contributed by atoms with van der Waals surface area (Å²) in [6.45, 7) is 2.03. The Kier molecular flexibility index (Phi) is 6.42. The van der Waals surface area contributed by atoms with Crippen LogP contribution in [0.15, 0.2) is 59.8 Å². The van der Waals surface area contributed by atoms with Crippen molar-refractivity contribution in [3.05, 3.63) is 60.2 Å². The minimum atomic E-state index is 0.832. The number of aromatic nitrogens is 4. The Balaban J connectivity index is 1.40. The first-order valence-electron chi connectivity index (χ1n) is 8.28. The maximum Gasteiger partial charge on any atom is 0.214 e. The smallest absolute Gasteiger partial charge is 0.214 e. The predicted molar refractivity (Wildman–Crippen MR) is 98.0 cm³/mol. The molecular weight excluding hydrogens is 334 g/mol. The van der Waals surface area contributed by atoms with Crippen molar-refractivity contribution in [2.75, 3.05) is 19.4 Å². The molecule has 3 rings (SSSR count). The molecule has 3 aromatic rings. The highest BCUT2D eigenvalue weighted by Crippen LogP contribution is 2.18. The summed E-state index contributed by atoms with van der Waals surface area (Å²) in [5, 5.41) is 15.1. The van der Waals surface area contributed by atoms with Crippen molar-refractivity contribution in [1.29, 1.82) is 0 Å². The molecule has 7 heteroatoms. The second-order valence-corrected chi connectivity index (χ2v) is 6.61. The number of methoxy groups -OCH3 is 1. The van der Waals surface area contributed by atoms with Crippen LogP contribution in [0.1, 0.15) is 12.0 Å². The summed E-state index contributed by atoms with van der Waals surface area (Å²) in [7, 11) is 1.70. The molecule has 0 aliphatic heterocycles. The summed E-state index contributed by atoms with van der Waals surface area (Å²) in [6.07, 6.45) is 1.09. The van der Waals surface area contributed by atoms with Gasteiger partial charge in [-0.15, -0.1) is 5.10 Å². The third-order valence-corrected chi connectivity index (χ3v) is 4.75. The van der Waals surface area contributed by atoms with E-state index in [4.69, 9.17) is 4.74 Å². The Morgan fingerprint density at radius 2 is 2.00 bits per heavy atom. The molecule has 0 saturated carbocycles. The highest BCUT2D eigenvalue weighted by Gasteiger charge is 2.08. The summed E-state index contributed by atoms with van der Waals surface area (Å²) in [4.78, 5) is 0. The molecule has 0 atom stereocenters. The number of thioether (sulfide) groups is 1. The van der Waals surface area contributed by atoms with Crippen LogP contribution in [0.2, 0.25) is 0 Å². The number of nitrogens with two attached hydrogens (primary N) is 1. The fraction of sp³-hybridized carbons (Fsp3) is 0.278. The molecule has 2 aromatic carbocycles. The van der Waals surface area contributed by atoms with Crippen LogP contribution in [-0.2, 0) is 6.54 Å². The zero-order valence-electron chi connectivity index (χ0n) is 14.2. The van der Waals surface area contributed by atoms with E-state index in [1.165, 1.54) is 5.56 Å². The van der Waals surface area contributed by atoms with Gasteiger partial charge in [0.25, 0.3) is 0 Å². The van der Waals surface area contributed by atoms with Crippen LogP contribution in [-0.4, -0.2) is 39.6 Å². The topological polar surface area (TPSA) is 69.4 Å². The maximum absolute atomic E-state index is 5.25. The number of quaternary nitrogens is 1. The van der Waals surface area contributed by atoms with Crippen LogP contribution >= 0.6 is 11.8 Å². The first-order valence-corrected chi connectivity index (χ1v) is 9.26. The molecule has 0 saturated heterocycles. The summed E-state index contributed by atoms with van der Waals surface area (Å²) in [5.41, 5.74) is 2.26. The number of nitrogens with zero attached hydrogens (tertiary/aromatic N) is 4. The van der Waals surface area contributed by atoms with E-state index in [-0.39, 0.29) is 0 Å². The fourth-order valence-corrected chi connectivity index (χ4v) is 3.31. The van der Waals surface area contributed by atoms with Gasteiger partial charge in [0.05, 0.1) is 19.3 Å². The van der Waals surface area contributed by atoms with E-state index in [0.717, 1.165) is 41.9 Å². The van der Waals surface area contributed by atoms with Crippen LogP contribution in [0.5, 0.6) is 5.75 Å². The third kappa shape index (κ3) is 5.04. The van der Waals surface area contributed by atoms with Crippen LogP contribution in [0.25, 0.3) is 5.69 Å². The molecule has 1 aromatic heterocycles. The van der Waals surface area contributed by atoms with Crippen LogP contribution in [0.3, 0.4) is 0 Å². The van der Waals surface area contributed by atoms with Crippen molar-refractivity contribution in [2.24, 2.45) is 0 Å². The van der Waals surface area contributed by atoms with Crippen LogP contribution in [0.4, 0.5) is 0 Å². The molecule has 2 N–H and O–H groups in total. The molecule has 0 fully saturated rings. The van der Waals surface area contributed by atoms with Gasteiger partial charge in [0.1, 0.15) is 12.3 Å². The van der Waals surface area contributed by atoms with Gasteiger partial charge in [0.15, 0.2) is 0 Å². The number of benzene rings is 2. The summed E-state index contributed by atoms with van der Waals surface area (Å²) < 4.78 is 7.03. The molecule has 0 aliphatic carbocycles. The van der Waals surface area contributed by atoms with Crippen LogP contribution < -0.4 is 10.1 Å². The van der Waals surface area contributed by atoms with E-state index in [2.05, 4.69) is 33.0 Å². The Morgan fingerprint density at radius 3 is 2.84 bits per heavy atom. The lowest BCUT2D eigenvalue weighted by Gasteiger charge is -2.05. The second-order valence-electron chi connectivity index (χ2n) is 5.54. The second kappa shape index (κ2) is 9.19. The van der Waals surface area contributed by atoms with E-state index >= 15 is 0 Å². The fourth-order valence-electron chi connectivity index (χ4n) is 2.46. The van der Waals surface area contributed by atoms with Gasteiger partial charge in [-0.2, -0.15) is 4.68 Å². The SMILES string of the molecule is COc1cccc(C[NH2+]CCCSc2nnnn2-c2ccccc2)c1. The quantitative estimate of drug-likeness (QED) is 0.469. The monoisotopic (exact) mass is 356 g/mol. The van der Waals surface area contributed by atoms with Crippen molar-refractivity contribution < 1.29 is 10.1 Å². The number of hydrogen-bond acceptors (Lipinski definition) is 5. The molecule has 0 amide bonds. The number of rotatable bonds is 9. The van der Waals surface area contributed by atoms with Crippen molar-refractivity contribution in [2.45, 2.75) is 18.1 Å². The van der Waals surface area contributed by atoms with E-state index in [0.29, 0.717) is 0 Å². The molecule has 25 heavy (non-hydrogen) atoms. The Labute approximate surface area is 151 Å². The molecule has 130 valence electrons. The standard InChI is InChI=1S/C18H21N5OS/c1-24-17-10-5-7-15(13-17)14-19-11-6-12-25-18-20-21-22-23(18)16-8-3-2-4-9-16/h2-5,7-10,13,19H,6,11-12,14H2,1H3/p+1. The van der Waals surface area contributed by atoms with E-state index in [9.17, 15) is 0 Å². The third-order valence-electron chi connectivity index (χ3n) is 3.74. The largest absolute Gasteiger partial charge is 0.497 e. The van der Waals surface area contributed by atoms with Crippen LogP contribution in [0, 0.1) is 0 Å².